The summed E-state index contributed by atoms with van der Waals surface area (Å²) in [6, 6.07) is 17.0. The number of nitrogens with zero attached hydrogens (tertiary/aromatic N) is 1. The Morgan fingerprint density at radius 2 is 1.64 bits per heavy atom. The molecule has 22 heavy (non-hydrogen) atoms. The van der Waals surface area contributed by atoms with E-state index in [1.165, 1.54) is 24.2 Å². The van der Waals surface area contributed by atoms with Gasteiger partial charge in [-0.2, -0.15) is 0 Å². The molecule has 0 aliphatic heterocycles. The Hall–Kier alpha value is -2.29. The molecular weight excluding hydrogens is 274 g/mol. The number of carboxylic acid groups (broad SMARTS) is 1. The number of anilines is 2. The van der Waals surface area contributed by atoms with Crippen LogP contribution >= 0.6 is 0 Å². The lowest BCUT2D eigenvalue weighted by atomic mass is 10.0. The van der Waals surface area contributed by atoms with Gasteiger partial charge in [0.1, 0.15) is 0 Å². The summed E-state index contributed by atoms with van der Waals surface area (Å²) in [6.07, 6.45) is 4.66. The first kappa shape index (κ1) is 16.1. The van der Waals surface area contributed by atoms with Crippen molar-refractivity contribution in [2.24, 2.45) is 0 Å². The number of aryl methyl sites for hydroxylation is 1. The topological polar surface area (TPSA) is 40.5 Å². The van der Waals surface area contributed by atoms with Crippen LogP contribution in [0.1, 0.15) is 38.2 Å². The highest BCUT2D eigenvalue weighted by atomic mass is 16.4. The molecule has 2 aromatic carbocycles. The van der Waals surface area contributed by atoms with Crippen molar-refractivity contribution >= 4 is 17.5 Å². The smallest absolute Gasteiger partial charge is 0.416 e. The number of hydrogen-bond acceptors (Lipinski definition) is 1. The van der Waals surface area contributed by atoms with Crippen molar-refractivity contribution < 1.29 is 9.90 Å². The van der Waals surface area contributed by atoms with Crippen molar-refractivity contribution in [3.63, 3.8) is 0 Å². The van der Waals surface area contributed by atoms with E-state index in [-0.39, 0.29) is 0 Å². The molecule has 2 aromatic rings. The summed E-state index contributed by atoms with van der Waals surface area (Å²) in [5, 5.41) is 9.64. The minimum Gasteiger partial charge on any atom is -0.464 e. The highest BCUT2D eigenvalue weighted by Crippen LogP contribution is 2.29. The van der Waals surface area contributed by atoms with E-state index in [1.807, 2.05) is 54.6 Å². The van der Waals surface area contributed by atoms with Crippen LogP contribution in [0, 0.1) is 0 Å². The molecule has 0 spiro atoms. The van der Waals surface area contributed by atoms with E-state index in [4.69, 9.17) is 0 Å². The molecule has 0 saturated carbocycles. The number of para-hydroxylation sites is 2. The Balaban J connectivity index is 2.26. The van der Waals surface area contributed by atoms with Crippen LogP contribution in [0.3, 0.4) is 0 Å². The van der Waals surface area contributed by atoms with Gasteiger partial charge in [0.25, 0.3) is 0 Å². The lowest BCUT2D eigenvalue weighted by molar-refractivity contribution is 0.204. The van der Waals surface area contributed by atoms with Crippen molar-refractivity contribution in [1.82, 2.24) is 0 Å². The van der Waals surface area contributed by atoms with Gasteiger partial charge in [0.05, 0.1) is 11.4 Å². The van der Waals surface area contributed by atoms with Crippen molar-refractivity contribution in [3.8, 4) is 0 Å². The summed E-state index contributed by atoms with van der Waals surface area (Å²) in [6.45, 7) is 2.19. The van der Waals surface area contributed by atoms with Gasteiger partial charge in [0.15, 0.2) is 0 Å². The minimum absolute atomic E-state index is 0.677. The third-order valence-electron chi connectivity index (χ3n) is 3.74. The number of unbranched alkanes of at least 4 members (excludes halogenated alkanes) is 3. The second-order valence-electron chi connectivity index (χ2n) is 5.39. The molecule has 0 unspecified atom stereocenters. The molecule has 3 nitrogen and oxygen atoms in total. The summed E-state index contributed by atoms with van der Waals surface area (Å²) in [5.74, 6) is 0. The van der Waals surface area contributed by atoms with Crippen LogP contribution in [0.15, 0.2) is 54.6 Å². The largest absolute Gasteiger partial charge is 0.464 e. The molecular formula is C19H23NO2. The van der Waals surface area contributed by atoms with E-state index < -0.39 is 6.09 Å². The van der Waals surface area contributed by atoms with Crippen LogP contribution in [0.5, 0.6) is 0 Å². The van der Waals surface area contributed by atoms with E-state index in [2.05, 4.69) is 6.92 Å². The molecule has 0 aliphatic carbocycles. The van der Waals surface area contributed by atoms with Crippen molar-refractivity contribution in [2.45, 2.75) is 39.0 Å². The van der Waals surface area contributed by atoms with Crippen molar-refractivity contribution in [1.29, 1.82) is 0 Å². The van der Waals surface area contributed by atoms with Gasteiger partial charge in [-0.1, -0.05) is 62.6 Å². The van der Waals surface area contributed by atoms with Gasteiger partial charge in [-0.25, -0.2) is 9.69 Å². The van der Waals surface area contributed by atoms with Crippen LogP contribution < -0.4 is 4.90 Å². The predicted molar refractivity (Wildman–Crippen MR) is 90.9 cm³/mol. The number of carbonyl (C=O) groups is 1. The van der Waals surface area contributed by atoms with Gasteiger partial charge in [0.2, 0.25) is 0 Å². The van der Waals surface area contributed by atoms with Crippen LogP contribution in [0.4, 0.5) is 16.2 Å². The van der Waals surface area contributed by atoms with Gasteiger partial charge in [-0.3, -0.25) is 0 Å². The molecule has 3 heteroatoms. The van der Waals surface area contributed by atoms with Gasteiger partial charge in [-0.15, -0.1) is 0 Å². The molecule has 0 radical (unpaired) electrons. The molecule has 0 fully saturated rings. The zero-order valence-corrected chi connectivity index (χ0v) is 13.0. The Morgan fingerprint density at radius 3 is 2.32 bits per heavy atom. The SMILES string of the molecule is CCCCCCc1ccccc1N(C(=O)O)c1ccccc1. The summed E-state index contributed by atoms with van der Waals surface area (Å²) < 4.78 is 0. The van der Waals surface area contributed by atoms with Crippen LogP contribution in [0.2, 0.25) is 0 Å². The van der Waals surface area contributed by atoms with Gasteiger partial charge in [0, 0.05) is 0 Å². The van der Waals surface area contributed by atoms with E-state index in [9.17, 15) is 9.90 Å². The zero-order chi connectivity index (χ0) is 15.8. The number of amides is 1. The van der Waals surface area contributed by atoms with E-state index >= 15 is 0 Å². The molecule has 0 aromatic heterocycles. The fourth-order valence-corrected chi connectivity index (χ4v) is 2.61. The average Bonchev–Trinajstić information content (AvgIpc) is 2.54. The molecule has 0 bridgehead atoms. The van der Waals surface area contributed by atoms with Gasteiger partial charge in [-0.05, 0) is 36.6 Å². The van der Waals surface area contributed by atoms with E-state index in [0.717, 1.165) is 24.1 Å². The maximum absolute atomic E-state index is 11.8. The van der Waals surface area contributed by atoms with Crippen LogP contribution in [-0.2, 0) is 6.42 Å². The first-order valence-electron chi connectivity index (χ1n) is 7.90. The summed E-state index contributed by atoms with van der Waals surface area (Å²) in [7, 11) is 0. The summed E-state index contributed by atoms with van der Waals surface area (Å²) in [4.78, 5) is 13.1. The minimum atomic E-state index is -0.952. The molecule has 1 N–H and O–H groups in total. The standard InChI is InChI=1S/C19H23NO2/c1-2-3-4-6-11-16-12-9-10-15-18(16)20(19(21)22)17-13-7-5-8-14-17/h5,7-10,12-15H,2-4,6,11H2,1H3,(H,21,22). The number of benzene rings is 2. The molecule has 116 valence electrons. The second kappa shape index (κ2) is 8.23. The summed E-state index contributed by atoms with van der Waals surface area (Å²) >= 11 is 0. The lowest BCUT2D eigenvalue weighted by Gasteiger charge is -2.22. The maximum atomic E-state index is 11.8. The fourth-order valence-electron chi connectivity index (χ4n) is 2.61. The highest BCUT2D eigenvalue weighted by Gasteiger charge is 2.19. The zero-order valence-electron chi connectivity index (χ0n) is 13.0. The summed E-state index contributed by atoms with van der Waals surface area (Å²) in [5.41, 5.74) is 2.53. The Morgan fingerprint density at radius 1 is 0.955 bits per heavy atom. The van der Waals surface area contributed by atoms with Crippen molar-refractivity contribution in [2.75, 3.05) is 4.90 Å². The highest BCUT2D eigenvalue weighted by molar-refractivity contribution is 5.95. The Labute approximate surface area is 132 Å². The van der Waals surface area contributed by atoms with E-state index in [0.29, 0.717) is 5.69 Å². The van der Waals surface area contributed by atoms with E-state index in [1.54, 1.807) is 0 Å². The molecule has 0 saturated heterocycles. The molecule has 0 aliphatic rings. The van der Waals surface area contributed by atoms with Gasteiger partial charge < -0.3 is 5.11 Å². The van der Waals surface area contributed by atoms with Gasteiger partial charge >= 0.3 is 6.09 Å². The molecule has 0 heterocycles. The normalized spacial score (nSPS) is 10.4. The molecule has 0 atom stereocenters. The monoisotopic (exact) mass is 297 g/mol. The fraction of sp³-hybridized carbons (Fsp3) is 0.316. The quantitative estimate of drug-likeness (QED) is 0.673. The van der Waals surface area contributed by atoms with Crippen molar-refractivity contribution in [3.05, 3.63) is 60.2 Å². The predicted octanol–water partition coefficient (Wildman–Crippen LogP) is 5.63. The Bertz CT molecular complexity index is 595. The maximum Gasteiger partial charge on any atom is 0.416 e. The molecule has 2 rings (SSSR count). The number of hydrogen-bond donors (Lipinski definition) is 1. The number of rotatable bonds is 7. The third-order valence-corrected chi connectivity index (χ3v) is 3.74. The average molecular weight is 297 g/mol. The first-order valence-corrected chi connectivity index (χ1v) is 7.90. The Kier molecular flexibility index (Phi) is 6.01. The lowest BCUT2D eigenvalue weighted by Crippen LogP contribution is -2.24. The molecule has 1 amide bonds. The first-order chi connectivity index (χ1) is 10.7. The second-order valence-corrected chi connectivity index (χ2v) is 5.39. The van der Waals surface area contributed by atoms with Crippen LogP contribution in [0.25, 0.3) is 0 Å². The third kappa shape index (κ3) is 4.10. The van der Waals surface area contributed by atoms with Crippen LogP contribution in [-0.4, -0.2) is 11.2 Å².